The third-order valence-corrected chi connectivity index (χ3v) is 5.36. The number of carbonyl (C=O) groups is 1. The number of hydrogen-bond acceptors (Lipinski definition) is 4. The molecule has 9 heteroatoms. The smallest absolute Gasteiger partial charge is 0.253 e. The molecule has 1 fully saturated rings. The van der Waals surface area contributed by atoms with Gasteiger partial charge in [0.15, 0.2) is 0 Å². The van der Waals surface area contributed by atoms with E-state index in [1.807, 2.05) is 7.05 Å². The summed E-state index contributed by atoms with van der Waals surface area (Å²) in [5.74, 6) is -1.15. The number of nitrogens with zero attached hydrogens (tertiary/aromatic N) is 1. The normalized spacial score (nSPS) is 16.0. The van der Waals surface area contributed by atoms with Crippen molar-refractivity contribution in [1.82, 2.24) is 14.9 Å². The van der Waals surface area contributed by atoms with Crippen LogP contribution in [0.2, 0.25) is 0 Å². The summed E-state index contributed by atoms with van der Waals surface area (Å²) in [7, 11) is -0.848. The molecule has 1 heterocycles. The Labute approximate surface area is 141 Å². The molecule has 1 amide bonds. The topological polar surface area (TPSA) is 78.5 Å². The lowest BCUT2D eigenvalue weighted by Gasteiger charge is -2.32. The van der Waals surface area contributed by atoms with Gasteiger partial charge in [-0.1, -0.05) is 0 Å². The molecule has 0 aliphatic carbocycles. The molecule has 6 nitrogen and oxygen atoms in total. The second-order valence-corrected chi connectivity index (χ2v) is 7.06. The largest absolute Gasteiger partial charge is 0.339 e. The van der Waals surface area contributed by atoms with E-state index >= 15 is 0 Å². The van der Waals surface area contributed by atoms with Crippen molar-refractivity contribution in [2.75, 3.05) is 27.2 Å². The Morgan fingerprint density at radius 1 is 1.26 bits per heavy atom. The summed E-state index contributed by atoms with van der Waals surface area (Å²) in [6.07, 6.45) is 1.68. The standard InChI is InChI=1S/C14H20FN3O3S.ClH/c1-16-11-5-7-18(8-6-11)14(19)10-3-4-12(15)13(9-10)22(20,21)17-2;/h3-4,9,11,16-17H,5-8H2,1-2H3;1H. The molecule has 0 bridgehead atoms. The minimum Gasteiger partial charge on any atom is -0.339 e. The van der Waals surface area contributed by atoms with Crippen LogP contribution in [0.1, 0.15) is 23.2 Å². The van der Waals surface area contributed by atoms with Crippen molar-refractivity contribution in [2.45, 2.75) is 23.8 Å². The first-order valence-corrected chi connectivity index (χ1v) is 8.57. The zero-order chi connectivity index (χ0) is 16.3. The molecule has 0 radical (unpaired) electrons. The van der Waals surface area contributed by atoms with Gasteiger partial charge in [0.2, 0.25) is 10.0 Å². The molecule has 0 unspecified atom stereocenters. The summed E-state index contributed by atoms with van der Waals surface area (Å²) in [4.78, 5) is 13.6. The summed E-state index contributed by atoms with van der Waals surface area (Å²) in [6, 6.07) is 3.81. The number of hydrogen-bond donors (Lipinski definition) is 2. The van der Waals surface area contributed by atoms with E-state index in [-0.39, 0.29) is 23.9 Å². The van der Waals surface area contributed by atoms with Crippen LogP contribution in [0.15, 0.2) is 23.1 Å². The van der Waals surface area contributed by atoms with Crippen molar-refractivity contribution in [2.24, 2.45) is 0 Å². The number of sulfonamides is 1. The fourth-order valence-corrected chi connectivity index (χ4v) is 3.33. The monoisotopic (exact) mass is 365 g/mol. The predicted octanol–water partition coefficient (Wildman–Crippen LogP) is 0.980. The number of benzene rings is 1. The zero-order valence-electron chi connectivity index (χ0n) is 13.0. The van der Waals surface area contributed by atoms with Crippen LogP contribution in [0, 0.1) is 5.82 Å². The molecule has 2 N–H and O–H groups in total. The van der Waals surface area contributed by atoms with Crippen LogP contribution >= 0.6 is 12.4 Å². The van der Waals surface area contributed by atoms with E-state index in [4.69, 9.17) is 0 Å². The van der Waals surface area contributed by atoms with Gasteiger partial charge >= 0.3 is 0 Å². The van der Waals surface area contributed by atoms with Crippen molar-refractivity contribution >= 4 is 28.3 Å². The number of likely N-dealkylation sites (tertiary alicyclic amines) is 1. The van der Waals surface area contributed by atoms with Gasteiger partial charge in [0.05, 0.1) is 0 Å². The molecule has 0 saturated carbocycles. The third kappa shape index (κ3) is 4.41. The molecule has 1 aliphatic rings. The van der Waals surface area contributed by atoms with Crippen molar-refractivity contribution in [3.05, 3.63) is 29.6 Å². The van der Waals surface area contributed by atoms with Crippen molar-refractivity contribution < 1.29 is 17.6 Å². The van der Waals surface area contributed by atoms with E-state index in [1.54, 1.807) is 4.90 Å². The lowest BCUT2D eigenvalue weighted by Crippen LogP contribution is -2.44. The quantitative estimate of drug-likeness (QED) is 0.833. The lowest BCUT2D eigenvalue weighted by atomic mass is 10.0. The van der Waals surface area contributed by atoms with E-state index in [9.17, 15) is 17.6 Å². The molecule has 2 rings (SSSR count). The van der Waals surface area contributed by atoms with E-state index in [1.165, 1.54) is 13.1 Å². The first-order chi connectivity index (χ1) is 10.4. The van der Waals surface area contributed by atoms with Gasteiger partial charge in [0.1, 0.15) is 10.7 Å². The number of piperidine rings is 1. The number of nitrogens with one attached hydrogen (secondary N) is 2. The Morgan fingerprint density at radius 2 is 1.87 bits per heavy atom. The molecule has 23 heavy (non-hydrogen) atoms. The molecular formula is C14H21ClFN3O3S. The molecule has 1 aliphatic heterocycles. The molecule has 1 aromatic carbocycles. The molecule has 1 aromatic rings. The highest BCUT2D eigenvalue weighted by atomic mass is 35.5. The molecule has 0 atom stereocenters. The first-order valence-electron chi connectivity index (χ1n) is 7.08. The average Bonchev–Trinajstić information content (AvgIpc) is 2.54. The van der Waals surface area contributed by atoms with Crippen molar-refractivity contribution in [3.8, 4) is 0 Å². The first kappa shape index (κ1) is 19.8. The Balaban J connectivity index is 0.00000264. The van der Waals surface area contributed by atoms with E-state index in [0.29, 0.717) is 19.1 Å². The summed E-state index contributed by atoms with van der Waals surface area (Å²) in [5, 5.41) is 3.17. The molecule has 1 saturated heterocycles. The fraction of sp³-hybridized carbons (Fsp3) is 0.500. The third-order valence-electron chi connectivity index (χ3n) is 3.93. The van der Waals surface area contributed by atoms with Gasteiger partial charge < -0.3 is 10.2 Å². The highest BCUT2D eigenvalue weighted by molar-refractivity contribution is 7.89. The summed E-state index contributed by atoms with van der Waals surface area (Å²) < 4.78 is 39.3. The molecule has 0 spiro atoms. The van der Waals surface area contributed by atoms with Crippen LogP contribution in [-0.4, -0.2) is 52.5 Å². The van der Waals surface area contributed by atoms with Gasteiger partial charge in [-0.05, 0) is 45.1 Å². The highest BCUT2D eigenvalue weighted by Crippen LogP contribution is 2.19. The summed E-state index contributed by atoms with van der Waals surface area (Å²) in [5.41, 5.74) is 0.179. The highest BCUT2D eigenvalue weighted by Gasteiger charge is 2.25. The number of halogens is 2. The van der Waals surface area contributed by atoms with Gasteiger partial charge in [-0.3, -0.25) is 4.79 Å². The minimum atomic E-state index is -3.93. The van der Waals surface area contributed by atoms with Crippen LogP contribution in [0.4, 0.5) is 4.39 Å². The number of amides is 1. The minimum absolute atomic E-state index is 0. The van der Waals surface area contributed by atoms with Crippen molar-refractivity contribution in [1.29, 1.82) is 0 Å². The summed E-state index contributed by atoms with van der Waals surface area (Å²) in [6.45, 7) is 1.19. The van der Waals surface area contributed by atoms with Gasteiger partial charge in [-0.25, -0.2) is 17.5 Å². The number of carbonyl (C=O) groups excluding carboxylic acids is 1. The van der Waals surface area contributed by atoms with Crippen LogP contribution in [0.3, 0.4) is 0 Å². The fourth-order valence-electron chi connectivity index (χ4n) is 2.51. The van der Waals surface area contributed by atoms with Crippen LogP contribution in [-0.2, 0) is 10.0 Å². The van der Waals surface area contributed by atoms with Crippen LogP contribution in [0.25, 0.3) is 0 Å². The maximum Gasteiger partial charge on any atom is 0.253 e. The Kier molecular flexibility index (Phi) is 6.94. The van der Waals surface area contributed by atoms with Crippen LogP contribution in [0.5, 0.6) is 0 Å². The maximum absolute atomic E-state index is 13.7. The van der Waals surface area contributed by atoms with Crippen molar-refractivity contribution in [3.63, 3.8) is 0 Å². The Bertz CT molecular complexity index is 661. The molecule has 0 aromatic heterocycles. The van der Waals surface area contributed by atoms with E-state index in [0.717, 1.165) is 25.0 Å². The van der Waals surface area contributed by atoms with Crippen LogP contribution < -0.4 is 10.0 Å². The Morgan fingerprint density at radius 3 is 2.39 bits per heavy atom. The van der Waals surface area contributed by atoms with E-state index < -0.39 is 20.7 Å². The SMILES string of the molecule is CNC1CCN(C(=O)c2ccc(F)c(S(=O)(=O)NC)c2)CC1.Cl. The van der Waals surface area contributed by atoms with Gasteiger partial charge in [-0.2, -0.15) is 0 Å². The predicted molar refractivity (Wildman–Crippen MR) is 87.9 cm³/mol. The molecular weight excluding hydrogens is 345 g/mol. The average molecular weight is 366 g/mol. The van der Waals surface area contributed by atoms with Gasteiger partial charge in [0.25, 0.3) is 5.91 Å². The lowest BCUT2D eigenvalue weighted by molar-refractivity contribution is 0.0707. The molecule has 130 valence electrons. The Hall–Kier alpha value is -1.22. The van der Waals surface area contributed by atoms with Gasteiger partial charge in [-0.15, -0.1) is 12.4 Å². The summed E-state index contributed by atoms with van der Waals surface area (Å²) >= 11 is 0. The second kappa shape index (κ2) is 8.05. The van der Waals surface area contributed by atoms with E-state index in [2.05, 4.69) is 10.0 Å². The second-order valence-electron chi connectivity index (χ2n) is 5.21. The maximum atomic E-state index is 13.7. The number of rotatable bonds is 4. The zero-order valence-corrected chi connectivity index (χ0v) is 14.6. The van der Waals surface area contributed by atoms with Gasteiger partial charge in [0, 0.05) is 24.7 Å².